The molecule has 1 fully saturated rings. The van der Waals surface area contributed by atoms with E-state index >= 15 is 0 Å². The van der Waals surface area contributed by atoms with Gasteiger partial charge in [-0.15, -0.1) is 0 Å². The molecule has 2 heterocycles. The molecule has 1 amide bonds. The Kier molecular flexibility index (Phi) is 4.12. The number of hydrogen-bond donors (Lipinski definition) is 2. The molecule has 3 aromatic rings. The summed E-state index contributed by atoms with van der Waals surface area (Å²) in [7, 11) is 0. The van der Waals surface area contributed by atoms with Crippen LogP contribution in [0.4, 0.5) is 16.0 Å². The van der Waals surface area contributed by atoms with Crippen molar-refractivity contribution in [2.45, 2.75) is 12.5 Å². The van der Waals surface area contributed by atoms with Crippen molar-refractivity contribution in [3.8, 4) is 0 Å². The molecule has 1 atom stereocenters. The number of aromatic nitrogens is 2. The Balaban J connectivity index is 1.44. The van der Waals surface area contributed by atoms with E-state index in [1.807, 2.05) is 24.3 Å². The highest BCUT2D eigenvalue weighted by atomic mass is 19.1. The molecule has 1 aliphatic rings. The number of fused-ring (bicyclic) bond motifs is 1. The molecule has 1 unspecified atom stereocenters. The fourth-order valence-electron chi connectivity index (χ4n) is 3.13. The van der Waals surface area contributed by atoms with Gasteiger partial charge < -0.3 is 16.0 Å². The van der Waals surface area contributed by atoms with Crippen LogP contribution in [0.3, 0.4) is 0 Å². The molecular weight excluding hydrogens is 333 g/mol. The SMILES string of the molecule is Nc1ccc(C(=O)N2CCC(Nc3ncc4ccccc4n3)C2)cc1F. The van der Waals surface area contributed by atoms with Gasteiger partial charge >= 0.3 is 0 Å². The number of anilines is 2. The van der Waals surface area contributed by atoms with Crippen molar-refractivity contribution in [3.63, 3.8) is 0 Å². The summed E-state index contributed by atoms with van der Waals surface area (Å²) in [6.45, 7) is 1.11. The predicted molar refractivity (Wildman–Crippen MR) is 98.3 cm³/mol. The highest BCUT2D eigenvalue weighted by Crippen LogP contribution is 2.19. The van der Waals surface area contributed by atoms with Crippen molar-refractivity contribution in [1.82, 2.24) is 14.9 Å². The zero-order chi connectivity index (χ0) is 18.1. The Hall–Kier alpha value is -3.22. The van der Waals surface area contributed by atoms with Gasteiger partial charge in [0.1, 0.15) is 5.82 Å². The summed E-state index contributed by atoms with van der Waals surface area (Å²) in [4.78, 5) is 23.1. The van der Waals surface area contributed by atoms with Crippen molar-refractivity contribution in [3.05, 3.63) is 60.0 Å². The standard InChI is InChI=1S/C19H18FN5O/c20-15-9-12(5-6-16(15)21)18(26)25-8-7-14(11-25)23-19-22-10-13-3-1-2-4-17(13)24-19/h1-6,9-10,14H,7-8,11,21H2,(H,22,23,24). The van der Waals surface area contributed by atoms with Crippen molar-refractivity contribution >= 4 is 28.4 Å². The molecule has 3 N–H and O–H groups in total. The number of carbonyl (C=O) groups excluding carboxylic acids is 1. The lowest BCUT2D eigenvalue weighted by molar-refractivity contribution is 0.0791. The van der Waals surface area contributed by atoms with E-state index in [0.29, 0.717) is 24.6 Å². The van der Waals surface area contributed by atoms with Crippen LogP contribution in [0, 0.1) is 5.82 Å². The molecule has 0 aliphatic carbocycles. The van der Waals surface area contributed by atoms with E-state index in [-0.39, 0.29) is 17.6 Å². The van der Waals surface area contributed by atoms with E-state index in [2.05, 4.69) is 15.3 Å². The van der Waals surface area contributed by atoms with Crippen LogP contribution < -0.4 is 11.1 Å². The zero-order valence-electron chi connectivity index (χ0n) is 14.0. The molecule has 0 radical (unpaired) electrons. The van der Waals surface area contributed by atoms with Gasteiger partial charge in [0.2, 0.25) is 5.95 Å². The monoisotopic (exact) mass is 351 g/mol. The maximum Gasteiger partial charge on any atom is 0.254 e. The number of nitrogens with one attached hydrogen (secondary N) is 1. The maximum absolute atomic E-state index is 13.6. The summed E-state index contributed by atoms with van der Waals surface area (Å²) in [6.07, 6.45) is 2.55. The second-order valence-corrected chi connectivity index (χ2v) is 6.37. The van der Waals surface area contributed by atoms with Crippen molar-refractivity contribution < 1.29 is 9.18 Å². The number of halogens is 1. The number of likely N-dealkylation sites (tertiary alicyclic amines) is 1. The molecule has 0 saturated carbocycles. The third kappa shape index (κ3) is 3.15. The van der Waals surface area contributed by atoms with Crippen LogP contribution in [0.1, 0.15) is 16.8 Å². The largest absolute Gasteiger partial charge is 0.396 e. The van der Waals surface area contributed by atoms with Gasteiger partial charge in [0, 0.05) is 36.3 Å². The number of nitrogens with two attached hydrogens (primary N) is 1. The van der Waals surface area contributed by atoms with Crippen LogP contribution in [-0.2, 0) is 0 Å². The lowest BCUT2D eigenvalue weighted by Gasteiger charge is -2.17. The summed E-state index contributed by atoms with van der Waals surface area (Å²) in [5, 5.41) is 4.26. The third-order valence-corrected chi connectivity index (χ3v) is 4.55. The average molecular weight is 351 g/mol. The first kappa shape index (κ1) is 16.3. The van der Waals surface area contributed by atoms with Gasteiger partial charge in [-0.25, -0.2) is 14.4 Å². The summed E-state index contributed by atoms with van der Waals surface area (Å²) >= 11 is 0. The van der Waals surface area contributed by atoms with Crippen LogP contribution in [0.2, 0.25) is 0 Å². The van der Waals surface area contributed by atoms with Crippen LogP contribution in [0.15, 0.2) is 48.7 Å². The number of para-hydroxylation sites is 1. The van der Waals surface area contributed by atoms with E-state index in [0.717, 1.165) is 17.3 Å². The number of nitrogens with zero attached hydrogens (tertiary/aromatic N) is 3. The Labute approximate surface area is 149 Å². The van der Waals surface area contributed by atoms with E-state index in [1.54, 1.807) is 17.2 Å². The predicted octanol–water partition coefficient (Wildman–Crippen LogP) is 2.68. The number of carbonyl (C=O) groups is 1. The van der Waals surface area contributed by atoms with Gasteiger partial charge in [-0.1, -0.05) is 18.2 Å². The Morgan fingerprint density at radius 3 is 2.96 bits per heavy atom. The topological polar surface area (TPSA) is 84.1 Å². The number of nitrogen functional groups attached to an aromatic ring is 1. The molecule has 1 aromatic heterocycles. The number of benzene rings is 2. The molecule has 1 saturated heterocycles. The van der Waals surface area contributed by atoms with Gasteiger partial charge in [0.05, 0.1) is 11.2 Å². The first-order chi connectivity index (χ1) is 12.6. The molecule has 7 heteroatoms. The summed E-state index contributed by atoms with van der Waals surface area (Å²) in [5.74, 6) is -0.233. The lowest BCUT2D eigenvalue weighted by atomic mass is 10.2. The van der Waals surface area contributed by atoms with E-state index in [1.165, 1.54) is 12.1 Å². The first-order valence-corrected chi connectivity index (χ1v) is 8.43. The summed E-state index contributed by atoms with van der Waals surface area (Å²) in [6, 6.07) is 12.0. The highest BCUT2D eigenvalue weighted by Gasteiger charge is 2.27. The average Bonchev–Trinajstić information content (AvgIpc) is 3.12. The second kappa shape index (κ2) is 6.59. The molecule has 132 valence electrons. The molecule has 4 rings (SSSR count). The summed E-state index contributed by atoms with van der Waals surface area (Å²) < 4.78 is 13.6. The minimum absolute atomic E-state index is 0.0379. The van der Waals surface area contributed by atoms with E-state index in [9.17, 15) is 9.18 Å². The number of hydrogen-bond acceptors (Lipinski definition) is 5. The normalized spacial score (nSPS) is 16.8. The van der Waals surface area contributed by atoms with Crippen molar-refractivity contribution in [2.24, 2.45) is 0 Å². The maximum atomic E-state index is 13.6. The van der Waals surface area contributed by atoms with Crippen molar-refractivity contribution in [1.29, 1.82) is 0 Å². The summed E-state index contributed by atoms with van der Waals surface area (Å²) in [5.41, 5.74) is 6.68. The number of rotatable bonds is 3. The van der Waals surface area contributed by atoms with Gasteiger partial charge in [0.15, 0.2) is 0 Å². The highest BCUT2D eigenvalue weighted by molar-refractivity contribution is 5.94. The van der Waals surface area contributed by atoms with Gasteiger partial charge in [-0.3, -0.25) is 4.79 Å². The zero-order valence-corrected chi connectivity index (χ0v) is 14.0. The molecular formula is C19H18FN5O. The van der Waals surface area contributed by atoms with Crippen molar-refractivity contribution in [2.75, 3.05) is 24.1 Å². The van der Waals surface area contributed by atoms with Crippen LogP contribution in [0.25, 0.3) is 10.9 Å². The molecule has 0 bridgehead atoms. The smallest absolute Gasteiger partial charge is 0.254 e. The molecule has 26 heavy (non-hydrogen) atoms. The fraction of sp³-hybridized carbons (Fsp3) is 0.211. The lowest BCUT2D eigenvalue weighted by Crippen LogP contribution is -2.32. The first-order valence-electron chi connectivity index (χ1n) is 8.43. The van der Waals surface area contributed by atoms with Crippen LogP contribution in [-0.4, -0.2) is 39.9 Å². The quantitative estimate of drug-likeness (QED) is 0.709. The molecule has 1 aliphatic heterocycles. The molecule has 0 spiro atoms. The van der Waals surface area contributed by atoms with E-state index < -0.39 is 5.82 Å². The third-order valence-electron chi connectivity index (χ3n) is 4.55. The van der Waals surface area contributed by atoms with Gasteiger partial charge in [-0.05, 0) is 30.7 Å². The number of amides is 1. The minimum atomic E-state index is -0.575. The Morgan fingerprint density at radius 1 is 1.27 bits per heavy atom. The van der Waals surface area contributed by atoms with Gasteiger partial charge in [-0.2, -0.15) is 0 Å². The minimum Gasteiger partial charge on any atom is -0.396 e. The van der Waals surface area contributed by atoms with Crippen LogP contribution >= 0.6 is 0 Å². The van der Waals surface area contributed by atoms with Gasteiger partial charge in [0.25, 0.3) is 5.91 Å². The van der Waals surface area contributed by atoms with Crippen LogP contribution in [0.5, 0.6) is 0 Å². The van der Waals surface area contributed by atoms with E-state index in [4.69, 9.17) is 5.73 Å². The fourth-order valence-corrected chi connectivity index (χ4v) is 3.13. The second-order valence-electron chi connectivity index (χ2n) is 6.37. The molecule has 2 aromatic carbocycles. The Morgan fingerprint density at radius 2 is 2.12 bits per heavy atom. The Bertz CT molecular complexity index is 977. The molecule has 6 nitrogen and oxygen atoms in total.